The number of amides is 4. The van der Waals surface area contributed by atoms with Gasteiger partial charge in [0.25, 0.3) is 15.9 Å². The zero-order valence-electron chi connectivity index (χ0n) is 16.0. The predicted molar refractivity (Wildman–Crippen MR) is 117 cm³/mol. The molecule has 1 aliphatic rings. The highest BCUT2D eigenvalue weighted by molar-refractivity contribution is 7.92. The second-order valence-electron chi connectivity index (χ2n) is 6.67. The molecule has 0 unspecified atom stereocenters. The number of nitrogens with one attached hydrogen (secondary N) is 2. The molecule has 2 aromatic carbocycles. The first kappa shape index (κ1) is 21.9. The highest BCUT2D eigenvalue weighted by Crippen LogP contribution is 2.30. The molecule has 32 heavy (non-hydrogen) atoms. The average Bonchev–Trinajstić information content (AvgIpc) is 3.24. The van der Waals surface area contributed by atoms with Gasteiger partial charge in [0.2, 0.25) is 5.91 Å². The molecule has 0 fully saturated rings. The van der Waals surface area contributed by atoms with E-state index in [1.165, 1.54) is 41.8 Å². The lowest BCUT2D eigenvalue weighted by molar-refractivity contribution is -0.117. The van der Waals surface area contributed by atoms with Crippen molar-refractivity contribution in [2.45, 2.75) is 10.6 Å². The first-order valence-electron chi connectivity index (χ1n) is 8.98. The molecule has 8 nitrogen and oxygen atoms in total. The third-order valence-corrected chi connectivity index (χ3v) is 7.49. The standard InChI is InChI=1S/C20H13ClFN3O5S2/c21-12-3-5-14-11(8-12)9-17(26)25(19(14)27)16-6-4-13(10-15(16)22)23-20(28)24-32(29,30)18-2-1-7-31-18/h1-8,10H,9H2,(H2,23,24,28). The maximum atomic E-state index is 14.8. The molecule has 2 N–H and O–H groups in total. The van der Waals surface area contributed by atoms with Gasteiger partial charge in [0.1, 0.15) is 10.0 Å². The lowest BCUT2D eigenvalue weighted by atomic mass is 9.98. The zero-order chi connectivity index (χ0) is 23.0. The number of thiophene rings is 1. The summed E-state index contributed by atoms with van der Waals surface area (Å²) >= 11 is 6.83. The van der Waals surface area contributed by atoms with Gasteiger partial charge in [-0.1, -0.05) is 17.7 Å². The Morgan fingerprint density at radius 1 is 1.12 bits per heavy atom. The van der Waals surface area contributed by atoms with Crippen molar-refractivity contribution in [1.82, 2.24) is 4.72 Å². The maximum Gasteiger partial charge on any atom is 0.333 e. The maximum absolute atomic E-state index is 14.8. The van der Waals surface area contributed by atoms with Crippen LogP contribution in [0.1, 0.15) is 15.9 Å². The van der Waals surface area contributed by atoms with Crippen LogP contribution in [0.2, 0.25) is 5.02 Å². The lowest BCUT2D eigenvalue weighted by Crippen LogP contribution is -2.43. The van der Waals surface area contributed by atoms with Crippen LogP contribution in [0, 0.1) is 5.82 Å². The Hall–Kier alpha value is -3.28. The fourth-order valence-electron chi connectivity index (χ4n) is 3.15. The second-order valence-corrected chi connectivity index (χ2v) is 9.96. The van der Waals surface area contributed by atoms with Gasteiger partial charge in [0.15, 0.2) is 0 Å². The van der Waals surface area contributed by atoms with Gasteiger partial charge in [0, 0.05) is 16.3 Å². The smallest absolute Gasteiger partial charge is 0.307 e. The van der Waals surface area contributed by atoms with Gasteiger partial charge in [0.05, 0.1) is 12.1 Å². The predicted octanol–water partition coefficient (Wildman–Crippen LogP) is 3.78. The number of carbonyl (C=O) groups is 3. The van der Waals surface area contributed by atoms with Crippen LogP contribution in [-0.2, 0) is 21.2 Å². The molecular formula is C20H13ClFN3O5S2. The summed E-state index contributed by atoms with van der Waals surface area (Å²) in [6, 6.07) is 9.49. The van der Waals surface area contributed by atoms with Gasteiger partial charge in [-0.05, 0) is 53.4 Å². The molecule has 12 heteroatoms. The quantitative estimate of drug-likeness (QED) is 0.537. The van der Waals surface area contributed by atoms with Crippen LogP contribution in [0.25, 0.3) is 0 Å². The number of hydrogen-bond acceptors (Lipinski definition) is 6. The average molecular weight is 494 g/mol. The van der Waals surface area contributed by atoms with E-state index in [1.807, 2.05) is 4.72 Å². The van der Waals surface area contributed by atoms with Crippen LogP contribution in [-0.4, -0.2) is 26.3 Å². The number of halogens is 2. The number of urea groups is 1. The molecular weight excluding hydrogens is 481 g/mol. The molecule has 2 heterocycles. The fraction of sp³-hybridized carbons (Fsp3) is 0.0500. The molecule has 0 bridgehead atoms. The van der Waals surface area contributed by atoms with Crippen molar-refractivity contribution in [3.8, 4) is 0 Å². The van der Waals surface area contributed by atoms with Crippen molar-refractivity contribution < 1.29 is 27.2 Å². The number of benzene rings is 2. The summed E-state index contributed by atoms with van der Waals surface area (Å²) in [4.78, 5) is 38.0. The molecule has 0 saturated carbocycles. The number of imide groups is 1. The third kappa shape index (κ3) is 4.22. The Bertz CT molecular complexity index is 1360. The van der Waals surface area contributed by atoms with E-state index < -0.39 is 33.7 Å². The first-order chi connectivity index (χ1) is 15.2. The van der Waals surface area contributed by atoms with Gasteiger partial charge in [-0.2, -0.15) is 0 Å². The van der Waals surface area contributed by atoms with Crippen LogP contribution in [0.15, 0.2) is 58.1 Å². The van der Waals surface area contributed by atoms with Crippen LogP contribution in [0.4, 0.5) is 20.6 Å². The molecule has 0 aliphatic carbocycles. The van der Waals surface area contributed by atoms with E-state index in [9.17, 15) is 27.2 Å². The molecule has 3 aromatic rings. The molecule has 0 radical (unpaired) electrons. The Morgan fingerprint density at radius 2 is 1.91 bits per heavy atom. The summed E-state index contributed by atoms with van der Waals surface area (Å²) in [5.41, 5.74) is 0.312. The molecule has 0 atom stereocenters. The Labute approximate surface area is 190 Å². The minimum Gasteiger partial charge on any atom is -0.307 e. The third-order valence-electron chi connectivity index (χ3n) is 4.53. The minimum atomic E-state index is -4.06. The van der Waals surface area contributed by atoms with Crippen LogP contribution >= 0.6 is 22.9 Å². The molecule has 4 amide bonds. The minimum absolute atomic E-state index is 0.0575. The molecule has 0 spiro atoms. The number of hydrogen-bond donors (Lipinski definition) is 2. The van der Waals surface area contributed by atoms with Gasteiger partial charge >= 0.3 is 6.03 Å². The van der Waals surface area contributed by atoms with Crippen molar-refractivity contribution >= 4 is 62.2 Å². The zero-order valence-corrected chi connectivity index (χ0v) is 18.4. The van der Waals surface area contributed by atoms with Gasteiger partial charge in [-0.25, -0.2) is 27.2 Å². The number of anilines is 2. The summed E-state index contributed by atoms with van der Waals surface area (Å²) < 4.78 is 40.7. The fourth-order valence-corrected chi connectivity index (χ4v) is 5.24. The van der Waals surface area contributed by atoms with Crippen molar-refractivity contribution in [3.05, 3.63) is 75.9 Å². The highest BCUT2D eigenvalue weighted by Gasteiger charge is 2.34. The monoisotopic (exact) mass is 493 g/mol. The number of rotatable bonds is 4. The number of carbonyl (C=O) groups excluding carboxylic acids is 3. The molecule has 0 saturated heterocycles. The number of nitrogens with zero attached hydrogens (tertiary/aromatic N) is 1. The number of sulfonamides is 1. The second kappa shape index (κ2) is 8.34. The lowest BCUT2D eigenvalue weighted by Gasteiger charge is -2.27. The summed E-state index contributed by atoms with van der Waals surface area (Å²) in [5, 5.41) is 4.12. The van der Waals surface area contributed by atoms with E-state index in [0.717, 1.165) is 28.4 Å². The van der Waals surface area contributed by atoms with Crippen molar-refractivity contribution in [2.75, 3.05) is 10.2 Å². The molecule has 1 aliphatic heterocycles. The van der Waals surface area contributed by atoms with E-state index in [0.29, 0.717) is 10.6 Å². The topological polar surface area (TPSA) is 113 Å². The van der Waals surface area contributed by atoms with E-state index in [-0.39, 0.29) is 27.6 Å². The van der Waals surface area contributed by atoms with Crippen LogP contribution in [0.5, 0.6) is 0 Å². The molecule has 4 rings (SSSR count). The number of fused-ring (bicyclic) bond motifs is 1. The normalized spacial score (nSPS) is 13.6. The largest absolute Gasteiger partial charge is 0.333 e. The summed E-state index contributed by atoms with van der Waals surface area (Å²) in [6.07, 6.45) is -0.135. The Balaban J connectivity index is 1.53. The van der Waals surface area contributed by atoms with Crippen molar-refractivity contribution in [3.63, 3.8) is 0 Å². The first-order valence-corrected chi connectivity index (χ1v) is 11.7. The Morgan fingerprint density at radius 3 is 2.59 bits per heavy atom. The summed E-state index contributed by atoms with van der Waals surface area (Å²) in [7, 11) is -4.06. The van der Waals surface area contributed by atoms with Gasteiger partial charge in [-0.15, -0.1) is 11.3 Å². The summed E-state index contributed by atoms with van der Waals surface area (Å²) in [5.74, 6) is -2.29. The molecule has 164 valence electrons. The van der Waals surface area contributed by atoms with Gasteiger partial charge in [-0.3, -0.25) is 9.59 Å². The van der Waals surface area contributed by atoms with Crippen molar-refractivity contribution in [1.29, 1.82) is 0 Å². The van der Waals surface area contributed by atoms with Crippen LogP contribution in [0.3, 0.4) is 0 Å². The summed E-state index contributed by atoms with van der Waals surface area (Å²) in [6.45, 7) is 0. The SMILES string of the molecule is O=C(Nc1ccc(N2C(=O)Cc3cc(Cl)ccc3C2=O)c(F)c1)NS(=O)(=O)c1cccs1. The molecule has 1 aromatic heterocycles. The van der Waals surface area contributed by atoms with E-state index >= 15 is 0 Å². The van der Waals surface area contributed by atoms with E-state index in [2.05, 4.69) is 5.32 Å². The van der Waals surface area contributed by atoms with Crippen LogP contribution < -0.4 is 14.9 Å². The highest BCUT2D eigenvalue weighted by atomic mass is 35.5. The Kier molecular flexibility index (Phi) is 5.71. The van der Waals surface area contributed by atoms with E-state index in [1.54, 1.807) is 0 Å². The van der Waals surface area contributed by atoms with E-state index in [4.69, 9.17) is 11.6 Å². The van der Waals surface area contributed by atoms with Crippen molar-refractivity contribution in [2.24, 2.45) is 0 Å². The van der Waals surface area contributed by atoms with Gasteiger partial charge < -0.3 is 5.32 Å².